The third kappa shape index (κ3) is 2.06. The molecule has 0 radical (unpaired) electrons. The summed E-state index contributed by atoms with van der Waals surface area (Å²) in [5.41, 5.74) is 6.26. The van der Waals surface area contributed by atoms with E-state index in [-0.39, 0.29) is 5.95 Å². The lowest BCUT2D eigenvalue weighted by molar-refractivity contribution is 0.372. The standard InChI is InChI=1S/C12H13N7O2/c1-20-11-7-4-14-19(9(7)16-12(13)17-11)5-8-15-10(21-18-8)6-2-3-6/h4,6H,2-3,5H2,1H3,(H2,13,16,17). The molecule has 3 aromatic heterocycles. The first-order chi connectivity index (χ1) is 10.2. The molecule has 0 bridgehead atoms. The van der Waals surface area contributed by atoms with Gasteiger partial charge < -0.3 is 15.0 Å². The van der Waals surface area contributed by atoms with E-state index in [1.807, 2.05) is 0 Å². The maximum atomic E-state index is 5.68. The average Bonchev–Trinajstić information content (AvgIpc) is 3.11. The van der Waals surface area contributed by atoms with Crippen molar-refractivity contribution in [2.24, 2.45) is 0 Å². The monoisotopic (exact) mass is 287 g/mol. The molecule has 1 aliphatic rings. The SMILES string of the molecule is COc1nc(N)nc2c1cnn2Cc1noc(C2CC2)n1. The zero-order chi connectivity index (χ0) is 14.4. The molecule has 0 unspecified atom stereocenters. The van der Waals surface area contributed by atoms with E-state index in [0.717, 1.165) is 12.8 Å². The number of rotatable bonds is 4. The van der Waals surface area contributed by atoms with Gasteiger partial charge in [-0.1, -0.05) is 5.16 Å². The number of ether oxygens (including phenoxy) is 1. The lowest BCUT2D eigenvalue weighted by atomic mass is 10.4. The Kier molecular flexibility index (Phi) is 2.53. The summed E-state index contributed by atoms with van der Waals surface area (Å²) in [6.45, 7) is 0.360. The Bertz CT molecular complexity index is 805. The number of hydrogen-bond donors (Lipinski definition) is 1. The fourth-order valence-electron chi connectivity index (χ4n) is 2.18. The highest BCUT2D eigenvalue weighted by molar-refractivity contribution is 5.81. The minimum absolute atomic E-state index is 0.132. The van der Waals surface area contributed by atoms with Gasteiger partial charge in [-0.3, -0.25) is 0 Å². The molecule has 1 aliphatic carbocycles. The van der Waals surface area contributed by atoms with Crippen molar-refractivity contribution in [1.29, 1.82) is 0 Å². The van der Waals surface area contributed by atoms with Crippen LogP contribution in [0.2, 0.25) is 0 Å². The van der Waals surface area contributed by atoms with Crippen molar-refractivity contribution < 1.29 is 9.26 Å². The van der Waals surface area contributed by atoms with Gasteiger partial charge in [0.25, 0.3) is 0 Å². The molecule has 0 spiro atoms. The molecule has 9 heteroatoms. The Morgan fingerprint density at radius 2 is 2.24 bits per heavy atom. The number of nitrogen functional groups attached to an aromatic ring is 1. The normalized spacial score (nSPS) is 14.7. The van der Waals surface area contributed by atoms with Gasteiger partial charge in [-0.25, -0.2) is 4.68 Å². The highest BCUT2D eigenvalue weighted by Gasteiger charge is 2.29. The predicted octanol–water partition coefficient (Wildman–Crippen LogP) is 0.726. The van der Waals surface area contributed by atoms with Gasteiger partial charge in [0, 0.05) is 5.92 Å². The molecular weight excluding hydrogens is 274 g/mol. The van der Waals surface area contributed by atoms with Gasteiger partial charge in [0.1, 0.15) is 11.9 Å². The zero-order valence-corrected chi connectivity index (χ0v) is 11.4. The van der Waals surface area contributed by atoms with E-state index in [4.69, 9.17) is 15.0 Å². The van der Waals surface area contributed by atoms with Crippen molar-refractivity contribution in [2.75, 3.05) is 12.8 Å². The van der Waals surface area contributed by atoms with Crippen LogP contribution in [0.5, 0.6) is 5.88 Å². The van der Waals surface area contributed by atoms with Gasteiger partial charge in [0.15, 0.2) is 11.5 Å². The summed E-state index contributed by atoms with van der Waals surface area (Å²) in [7, 11) is 1.53. The summed E-state index contributed by atoms with van der Waals surface area (Å²) in [4.78, 5) is 12.6. The molecular formula is C12H13N7O2. The van der Waals surface area contributed by atoms with E-state index < -0.39 is 0 Å². The molecule has 21 heavy (non-hydrogen) atoms. The number of nitrogens with zero attached hydrogens (tertiary/aromatic N) is 6. The van der Waals surface area contributed by atoms with Crippen LogP contribution in [0.1, 0.15) is 30.5 Å². The predicted molar refractivity (Wildman–Crippen MR) is 71.7 cm³/mol. The number of anilines is 1. The summed E-state index contributed by atoms with van der Waals surface area (Å²) in [6.07, 6.45) is 3.87. The molecule has 0 aromatic carbocycles. The first kappa shape index (κ1) is 12.1. The van der Waals surface area contributed by atoms with Crippen molar-refractivity contribution in [2.45, 2.75) is 25.3 Å². The molecule has 1 fully saturated rings. The number of nitrogens with two attached hydrogens (primary N) is 1. The van der Waals surface area contributed by atoms with E-state index >= 15 is 0 Å². The van der Waals surface area contributed by atoms with Crippen LogP contribution in [-0.4, -0.2) is 37.0 Å². The molecule has 0 amide bonds. The summed E-state index contributed by atoms with van der Waals surface area (Å²) in [6, 6.07) is 0. The van der Waals surface area contributed by atoms with Crippen LogP contribution in [0.15, 0.2) is 10.7 Å². The number of methoxy groups -OCH3 is 1. The van der Waals surface area contributed by atoms with Gasteiger partial charge in [-0.2, -0.15) is 20.1 Å². The van der Waals surface area contributed by atoms with Gasteiger partial charge in [0.05, 0.1) is 13.3 Å². The molecule has 0 atom stereocenters. The molecule has 4 rings (SSSR count). The molecule has 108 valence electrons. The summed E-state index contributed by atoms with van der Waals surface area (Å²) in [5, 5.41) is 8.93. The fraction of sp³-hybridized carbons (Fsp3) is 0.417. The van der Waals surface area contributed by atoms with Crippen LogP contribution in [-0.2, 0) is 6.54 Å². The lowest BCUT2D eigenvalue weighted by Crippen LogP contribution is -2.06. The van der Waals surface area contributed by atoms with Crippen molar-refractivity contribution in [3.8, 4) is 5.88 Å². The van der Waals surface area contributed by atoms with Crippen LogP contribution in [0.3, 0.4) is 0 Å². The topological polar surface area (TPSA) is 118 Å². The van der Waals surface area contributed by atoms with Crippen molar-refractivity contribution in [3.63, 3.8) is 0 Å². The van der Waals surface area contributed by atoms with Gasteiger partial charge >= 0.3 is 0 Å². The highest BCUT2D eigenvalue weighted by Crippen LogP contribution is 2.38. The van der Waals surface area contributed by atoms with Gasteiger partial charge in [-0.15, -0.1) is 0 Å². The van der Waals surface area contributed by atoms with E-state index in [9.17, 15) is 0 Å². The van der Waals surface area contributed by atoms with Crippen molar-refractivity contribution >= 4 is 17.0 Å². The largest absolute Gasteiger partial charge is 0.480 e. The average molecular weight is 287 g/mol. The van der Waals surface area contributed by atoms with Crippen LogP contribution in [0.4, 0.5) is 5.95 Å². The smallest absolute Gasteiger partial charge is 0.229 e. The maximum Gasteiger partial charge on any atom is 0.229 e. The first-order valence-corrected chi connectivity index (χ1v) is 6.60. The summed E-state index contributed by atoms with van der Waals surface area (Å²) in [5.74, 6) is 2.23. The second-order valence-electron chi connectivity index (χ2n) is 4.95. The molecule has 9 nitrogen and oxygen atoms in total. The first-order valence-electron chi connectivity index (χ1n) is 6.60. The summed E-state index contributed by atoms with van der Waals surface area (Å²) < 4.78 is 12.1. The van der Waals surface area contributed by atoms with Gasteiger partial charge in [0.2, 0.25) is 17.7 Å². The number of aromatic nitrogens is 6. The fourth-order valence-corrected chi connectivity index (χ4v) is 2.18. The molecule has 2 N–H and O–H groups in total. The van der Waals surface area contributed by atoms with E-state index in [2.05, 4.69) is 25.2 Å². The molecule has 0 aliphatic heterocycles. The Hall–Kier alpha value is -2.71. The van der Waals surface area contributed by atoms with Crippen LogP contribution < -0.4 is 10.5 Å². The Morgan fingerprint density at radius 1 is 1.38 bits per heavy atom. The van der Waals surface area contributed by atoms with E-state index in [0.29, 0.717) is 41.1 Å². The third-order valence-corrected chi connectivity index (χ3v) is 3.37. The Morgan fingerprint density at radius 3 is 3.00 bits per heavy atom. The third-order valence-electron chi connectivity index (χ3n) is 3.37. The minimum atomic E-state index is 0.132. The molecule has 1 saturated carbocycles. The second kappa shape index (κ2) is 4.40. The van der Waals surface area contributed by atoms with E-state index in [1.165, 1.54) is 7.11 Å². The molecule has 0 saturated heterocycles. The summed E-state index contributed by atoms with van der Waals surface area (Å²) >= 11 is 0. The van der Waals surface area contributed by atoms with Gasteiger partial charge in [-0.05, 0) is 12.8 Å². The van der Waals surface area contributed by atoms with Crippen LogP contribution in [0, 0.1) is 0 Å². The van der Waals surface area contributed by atoms with Crippen molar-refractivity contribution in [3.05, 3.63) is 17.9 Å². The second-order valence-corrected chi connectivity index (χ2v) is 4.95. The molecule has 3 aromatic rings. The van der Waals surface area contributed by atoms with Crippen LogP contribution >= 0.6 is 0 Å². The number of fused-ring (bicyclic) bond motifs is 1. The quantitative estimate of drug-likeness (QED) is 0.746. The molecule has 3 heterocycles. The highest BCUT2D eigenvalue weighted by atomic mass is 16.5. The Balaban J connectivity index is 1.70. The zero-order valence-electron chi connectivity index (χ0n) is 11.4. The maximum absolute atomic E-state index is 5.68. The minimum Gasteiger partial charge on any atom is -0.480 e. The Labute approximate surface area is 119 Å². The lowest BCUT2D eigenvalue weighted by Gasteiger charge is -2.02. The number of hydrogen-bond acceptors (Lipinski definition) is 8. The van der Waals surface area contributed by atoms with Crippen LogP contribution in [0.25, 0.3) is 11.0 Å². The van der Waals surface area contributed by atoms with E-state index in [1.54, 1.807) is 10.9 Å². The van der Waals surface area contributed by atoms with Crippen molar-refractivity contribution in [1.82, 2.24) is 29.9 Å².